The maximum absolute atomic E-state index is 6.44. The van der Waals surface area contributed by atoms with E-state index in [0.29, 0.717) is 5.92 Å². The molecule has 0 amide bonds. The lowest BCUT2D eigenvalue weighted by Crippen LogP contribution is -2.40. The maximum Gasteiger partial charge on any atom is 0.119 e. The molecule has 2 N–H and O–H groups in total. The first-order valence-electron chi connectivity index (χ1n) is 5.87. The molecule has 0 aliphatic rings. The topological polar surface area (TPSA) is 35.2 Å². The van der Waals surface area contributed by atoms with E-state index in [9.17, 15) is 0 Å². The summed E-state index contributed by atoms with van der Waals surface area (Å²) in [6.45, 7) is 8.57. The van der Waals surface area contributed by atoms with Crippen LogP contribution in [-0.2, 0) is 5.54 Å². The number of hydrogen-bond acceptors (Lipinski definition) is 2. The van der Waals surface area contributed by atoms with Gasteiger partial charge in [0.2, 0.25) is 0 Å². The largest absolute Gasteiger partial charge is 0.497 e. The quantitative estimate of drug-likeness (QED) is 0.847. The highest BCUT2D eigenvalue weighted by molar-refractivity contribution is 5.38. The zero-order chi connectivity index (χ0) is 12.3. The number of ether oxygens (including phenoxy) is 1. The van der Waals surface area contributed by atoms with Crippen LogP contribution in [0.15, 0.2) is 18.2 Å². The number of rotatable bonds is 4. The molecule has 0 bridgehead atoms. The Kier molecular flexibility index (Phi) is 3.98. The minimum absolute atomic E-state index is 0.273. The van der Waals surface area contributed by atoms with Crippen molar-refractivity contribution in [1.82, 2.24) is 0 Å². The third-order valence-corrected chi connectivity index (χ3v) is 3.65. The van der Waals surface area contributed by atoms with Crippen LogP contribution in [0, 0.1) is 12.8 Å². The van der Waals surface area contributed by atoms with Crippen LogP contribution in [0.25, 0.3) is 0 Å². The van der Waals surface area contributed by atoms with Crippen LogP contribution >= 0.6 is 0 Å². The Labute approximate surface area is 98.8 Å². The first kappa shape index (κ1) is 13.0. The van der Waals surface area contributed by atoms with Gasteiger partial charge in [0.1, 0.15) is 5.75 Å². The van der Waals surface area contributed by atoms with Crippen molar-refractivity contribution in [3.05, 3.63) is 29.3 Å². The monoisotopic (exact) mass is 221 g/mol. The second kappa shape index (κ2) is 4.88. The van der Waals surface area contributed by atoms with E-state index < -0.39 is 0 Å². The summed E-state index contributed by atoms with van der Waals surface area (Å²) in [6, 6.07) is 6.11. The summed E-state index contributed by atoms with van der Waals surface area (Å²) in [5, 5.41) is 0. The number of nitrogens with two attached hydrogens (primary N) is 1. The average Bonchev–Trinajstić information content (AvgIpc) is 2.27. The van der Waals surface area contributed by atoms with Crippen molar-refractivity contribution in [1.29, 1.82) is 0 Å². The molecule has 2 heteroatoms. The van der Waals surface area contributed by atoms with Crippen LogP contribution in [0.5, 0.6) is 5.75 Å². The second-order valence-corrected chi connectivity index (χ2v) is 4.77. The van der Waals surface area contributed by atoms with Gasteiger partial charge in [-0.2, -0.15) is 0 Å². The Bertz CT molecular complexity index is 358. The van der Waals surface area contributed by atoms with Crippen molar-refractivity contribution >= 4 is 0 Å². The van der Waals surface area contributed by atoms with Crippen LogP contribution in [-0.4, -0.2) is 7.11 Å². The standard InChI is InChI=1S/C14H23NO/c1-6-11(3)14(4,15)13-8-7-12(16-5)9-10(13)2/h7-9,11H,6,15H2,1-5H3. The summed E-state index contributed by atoms with van der Waals surface area (Å²) in [5.74, 6) is 1.35. The van der Waals surface area contributed by atoms with Gasteiger partial charge in [-0.15, -0.1) is 0 Å². The Balaban J connectivity index is 3.13. The molecule has 0 aromatic heterocycles. The molecule has 0 saturated heterocycles. The van der Waals surface area contributed by atoms with Gasteiger partial charge >= 0.3 is 0 Å². The molecule has 2 unspecified atom stereocenters. The number of aryl methyl sites for hydroxylation is 1. The summed E-state index contributed by atoms with van der Waals surface area (Å²) < 4.78 is 5.21. The molecule has 0 aliphatic carbocycles. The molecule has 0 radical (unpaired) electrons. The van der Waals surface area contributed by atoms with Crippen LogP contribution in [0.4, 0.5) is 0 Å². The third-order valence-electron chi connectivity index (χ3n) is 3.65. The normalized spacial score (nSPS) is 16.6. The van der Waals surface area contributed by atoms with Crippen molar-refractivity contribution in [2.45, 2.75) is 39.7 Å². The summed E-state index contributed by atoms with van der Waals surface area (Å²) >= 11 is 0. The smallest absolute Gasteiger partial charge is 0.119 e. The molecule has 90 valence electrons. The van der Waals surface area contributed by atoms with Gasteiger partial charge in [0.25, 0.3) is 0 Å². The van der Waals surface area contributed by atoms with Gasteiger partial charge < -0.3 is 10.5 Å². The van der Waals surface area contributed by atoms with E-state index in [1.807, 2.05) is 12.1 Å². The van der Waals surface area contributed by atoms with Crippen molar-refractivity contribution in [3.63, 3.8) is 0 Å². The van der Waals surface area contributed by atoms with Crippen molar-refractivity contribution < 1.29 is 4.74 Å². The molecule has 1 aromatic rings. The summed E-state index contributed by atoms with van der Waals surface area (Å²) in [4.78, 5) is 0. The van der Waals surface area contributed by atoms with Crippen LogP contribution in [0.3, 0.4) is 0 Å². The highest BCUT2D eigenvalue weighted by Gasteiger charge is 2.28. The first-order valence-corrected chi connectivity index (χ1v) is 5.87. The van der Waals surface area contributed by atoms with Gasteiger partial charge in [-0.1, -0.05) is 26.3 Å². The van der Waals surface area contributed by atoms with E-state index in [-0.39, 0.29) is 5.54 Å². The molecule has 1 rings (SSSR count). The molecule has 0 spiro atoms. The Hall–Kier alpha value is -1.02. The molecule has 2 atom stereocenters. The fraction of sp³-hybridized carbons (Fsp3) is 0.571. The Morgan fingerprint density at radius 1 is 1.44 bits per heavy atom. The molecule has 0 heterocycles. The van der Waals surface area contributed by atoms with E-state index in [1.54, 1.807) is 7.11 Å². The highest BCUT2D eigenvalue weighted by atomic mass is 16.5. The minimum Gasteiger partial charge on any atom is -0.497 e. The summed E-state index contributed by atoms with van der Waals surface area (Å²) in [7, 11) is 1.69. The summed E-state index contributed by atoms with van der Waals surface area (Å²) in [6.07, 6.45) is 1.08. The van der Waals surface area contributed by atoms with Gasteiger partial charge in [-0.05, 0) is 43.0 Å². The van der Waals surface area contributed by atoms with Crippen molar-refractivity contribution in [2.24, 2.45) is 11.7 Å². The van der Waals surface area contributed by atoms with E-state index >= 15 is 0 Å². The third kappa shape index (κ3) is 2.38. The molecule has 1 aromatic carbocycles. The zero-order valence-corrected chi connectivity index (χ0v) is 11.0. The van der Waals surface area contributed by atoms with E-state index in [0.717, 1.165) is 12.2 Å². The van der Waals surface area contributed by atoms with Gasteiger partial charge in [0, 0.05) is 5.54 Å². The van der Waals surface area contributed by atoms with Crippen LogP contribution < -0.4 is 10.5 Å². The van der Waals surface area contributed by atoms with E-state index in [4.69, 9.17) is 10.5 Å². The average molecular weight is 221 g/mol. The lowest BCUT2D eigenvalue weighted by atomic mass is 9.78. The minimum atomic E-state index is -0.273. The SMILES string of the molecule is CCC(C)C(C)(N)c1ccc(OC)cc1C. The number of hydrogen-bond donors (Lipinski definition) is 1. The van der Waals surface area contributed by atoms with Crippen LogP contribution in [0.1, 0.15) is 38.3 Å². The van der Waals surface area contributed by atoms with Crippen molar-refractivity contribution in [2.75, 3.05) is 7.11 Å². The lowest BCUT2D eigenvalue weighted by molar-refractivity contribution is 0.314. The lowest BCUT2D eigenvalue weighted by Gasteiger charge is -2.33. The number of benzene rings is 1. The summed E-state index contributed by atoms with van der Waals surface area (Å²) in [5.41, 5.74) is 8.58. The maximum atomic E-state index is 6.44. The van der Waals surface area contributed by atoms with Crippen molar-refractivity contribution in [3.8, 4) is 5.75 Å². The van der Waals surface area contributed by atoms with Gasteiger partial charge in [0.05, 0.1) is 7.11 Å². The van der Waals surface area contributed by atoms with Gasteiger partial charge in [-0.3, -0.25) is 0 Å². The fourth-order valence-electron chi connectivity index (χ4n) is 2.06. The Morgan fingerprint density at radius 2 is 2.06 bits per heavy atom. The molecule has 0 fully saturated rings. The molecule has 0 aliphatic heterocycles. The molecule has 0 saturated carbocycles. The van der Waals surface area contributed by atoms with Gasteiger partial charge in [-0.25, -0.2) is 0 Å². The molecule has 2 nitrogen and oxygen atoms in total. The van der Waals surface area contributed by atoms with Crippen LogP contribution in [0.2, 0.25) is 0 Å². The van der Waals surface area contributed by atoms with E-state index in [1.165, 1.54) is 11.1 Å². The fourth-order valence-corrected chi connectivity index (χ4v) is 2.06. The van der Waals surface area contributed by atoms with E-state index in [2.05, 4.69) is 33.8 Å². The number of methoxy groups -OCH3 is 1. The molecular weight excluding hydrogens is 198 g/mol. The zero-order valence-electron chi connectivity index (χ0n) is 11.0. The first-order chi connectivity index (χ1) is 7.43. The Morgan fingerprint density at radius 3 is 2.50 bits per heavy atom. The predicted octanol–water partition coefficient (Wildman–Crippen LogP) is 3.22. The second-order valence-electron chi connectivity index (χ2n) is 4.77. The predicted molar refractivity (Wildman–Crippen MR) is 68.7 cm³/mol. The molecular formula is C14H23NO. The molecule has 16 heavy (non-hydrogen) atoms. The van der Waals surface area contributed by atoms with Gasteiger partial charge in [0.15, 0.2) is 0 Å². The highest BCUT2D eigenvalue weighted by Crippen LogP contribution is 2.32.